The molecule has 0 amide bonds. The number of hydrogen-bond donors (Lipinski definition) is 1. The molecule has 210 valence electrons. The van der Waals surface area contributed by atoms with E-state index in [4.69, 9.17) is 0 Å². The number of benzene rings is 4. The minimum atomic E-state index is -5.13. The van der Waals surface area contributed by atoms with Crippen LogP contribution in [0.2, 0.25) is 0 Å². The average molecular weight is 650 g/mol. The summed E-state index contributed by atoms with van der Waals surface area (Å²) in [5.41, 5.74) is 0.268. The minimum absolute atomic E-state index is 0. The Hall–Kier alpha value is -1.89. The number of sulfonamides is 1. The summed E-state index contributed by atoms with van der Waals surface area (Å²) in [4.78, 5) is -2.06. The van der Waals surface area contributed by atoms with Crippen molar-refractivity contribution in [2.45, 2.75) is 28.5 Å². The molecule has 0 atom stereocenters. The molecule has 4 rings (SSSR count). The first kappa shape index (κ1) is 36.3. The van der Waals surface area contributed by atoms with Gasteiger partial charge in [-0.1, -0.05) is 42.1 Å². The number of para-hydroxylation sites is 1. The molecule has 0 unspecified atom stereocenters. The zero-order valence-corrected chi connectivity index (χ0v) is 29.4. The summed E-state index contributed by atoms with van der Waals surface area (Å²) in [5.74, 6) is -0.833. The maximum atomic E-state index is 13.5. The second-order valence-electron chi connectivity index (χ2n) is 8.52. The number of fused-ring (bicyclic) bond motifs is 1. The molecule has 0 aliphatic rings. The van der Waals surface area contributed by atoms with Crippen molar-refractivity contribution in [3.05, 3.63) is 78.4 Å². The van der Waals surface area contributed by atoms with Gasteiger partial charge in [-0.3, -0.25) is 8.86 Å². The van der Waals surface area contributed by atoms with E-state index >= 15 is 0 Å². The maximum Gasteiger partial charge on any atom is 1.00 e. The second kappa shape index (κ2) is 13.8. The van der Waals surface area contributed by atoms with Crippen LogP contribution in [0.1, 0.15) is 12.5 Å². The number of hydrogen-bond acceptors (Lipinski definition) is 10. The van der Waals surface area contributed by atoms with E-state index in [9.17, 15) is 39.5 Å². The summed E-state index contributed by atoms with van der Waals surface area (Å²) in [5, 5.41) is 19.8. The number of aryl methyl sites for hydroxylation is 1. The van der Waals surface area contributed by atoms with Crippen molar-refractivity contribution < 1.29 is 98.6 Å². The van der Waals surface area contributed by atoms with Crippen LogP contribution in [0, 0.1) is 6.92 Å². The van der Waals surface area contributed by atoms with E-state index in [1.165, 1.54) is 22.5 Å². The predicted molar refractivity (Wildman–Crippen MR) is 143 cm³/mol. The molecule has 0 aliphatic heterocycles. The fourth-order valence-corrected chi connectivity index (χ4v) is 7.13. The van der Waals surface area contributed by atoms with Gasteiger partial charge in [0.25, 0.3) is 20.1 Å². The molecule has 0 radical (unpaired) electrons. The van der Waals surface area contributed by atoms with Crippen molar-refractivity contribution in [3.63, 3.8) is 0 Å². The molecule has 17 heteroatoms. The monoisotopic (exact) mass is 649 g/mol. The smallest absolute Gasteiger partial charge is 0.871 e. The molecule has 0 aliphatic carbocycles. The van der Waals surface area contributed by atoms with Gasteiger partial charge in [0.15, 0.2) is 0 Å². The van der Waals surface area contributed by atoms with E-state index in [0.29, 0.717) is 17.3 Å². The van der Waals surface area contributed by atoms with Gasteiger partial charge in [-0.15, -0.1) is 0 Å². The molecule has 4 aromatic rings. The molecule has 0 saturated carbocycles. The SMILES string of the molecule is CCN(c1ccccc1)S(=O)(=O)c1cc(N=Nc2c([O-])ccc3cc(S(=O)(=O)[O-])cc(S(=O)(=O)O)c23)ccc1C.[Na+].[Na+]. The van der Waals surface area contributed by atoms with Crippen molar-refractivity contribution >= 4 is 58.1 Å². The third kappa shape index (κ3) is 7.60. The van der Waals surface area contributed by atoms with Crippen molar-refractivity contribution in [2.75, 3.05) is 10.8 Å². The standard InChI is InChI=1S/C25H23N3O9S3.2Na/c1-3-28(19-7-5-4-6-8-19)38(30,31)22-14-18(11-9-16(22)2)26-27-25-21(29)12-10-17-13-20(39(32,33)34)15-23(24(17)25)40(35,36)37;;/h4-15,29H,3H2,1-2H3,(H,32,33,34)(H,35,36,37);;/q;2*+1/p-2. The summed E-state index contributed by atoms with van der Waals surface area (Å²) in [6, 6.07) is 15.9. The van der Waals surface area contributed by atoms with Crippen molar-refractivity contribution in [3.8, 4) is 5.75 Å². The normalized spacial score (nSPS) is 12.1. The molecule has 0 bridgehead atoms. The Morgan fingerprint density at radius 3 is 2.05 bits per heavy atom. The fraction of sp³-hybridized carbons (Fsp3) is 0.120. The van der Waals surface area contributed by atoms with Gasteiger partial charge in [-0.25, -0.2) is 16.8 Å². The zero-order valence-electron chi connectivity index (χ0n) is 22.9. The second-order valence-corrected chi connectivity index (χ2v) is 13.1. The Kier molecular flexibility index (Phi) is 11.9. The Labute approximate surface area is 287 Å². The Bertz CT molecular complexity index is 1990. The van der Waals surface area contributed by atoms with E-state index in [0.717, 1.165) is 18.2 Å². The van der Waals surface area contributed by atoms with Gasteiger partial charge in [-0.05, 0) is 61.2 Å². The molecule has 0 fully saturated rings. The fourth-order valence-electron chi connectivity index (χ4n) is 4.05. The Balaban J connectivity index is 0.00000308. The van der Waals surface area contributed by atoms with Gasteiger partial charge in [0, 0.05) is 11.9 Å². The predicted octanol–water partition coefficient (Wildman–Crippen LogP) is -1.99. The van der Waals surface area contributed by atoms with E-state index in [1.807, 2.05) is 0 Å². The summed E-state index contributed by atoms with van der Waals surface area (Å²) >= 11 is 0. The largest absolute Gasteiger partial charge is 1.00 e. The molecule has 1 N–H and O–H groups in total. The molecule has 4 aromatic carbocycles. The number of azo groups is 1. The van der Waals surface area contributed by atoms with Gasteiger partial charge in [0.2, 0.25) is 0 Å². The molecule has 0 heterocycles. The Morgan fingerprint density at radius 2 is 1.48 bits per heavy atom. The number of anilines is 1. The molecular formula is C25H21N3Na2O9S3. The van der Waals surface area contributed by atoms with E-state index in [1.54, 1.807) is 44.2 Å². The van der Waals surface area contributed by atoms with Crippen LogP contribution in [0.4, 0.5) is 17.1 Å². The van der Waals surface area contributed by atoms with E-state index < -0.39 is 56.9 Å². The van der Waals surface area contributed by atoms with Crippen LogP contribution in [0.25, 0.3) is 10.8 Å². The van der Waals surface area contributed by atoms with Crippen LogP contribution >= 0.6 is 0 Å². The topological polar surface area (TPSA) is 197 Å². The molecule has 42 heavy (non-hydrogen) atoms. The first-order valence-electron chi connectivity index (χ1n) is 11.5. The molecule has 0 spiro atoms. The zero-order chi connectivity index (χ0) is 29.5. The molecule has 12 nitrogen and oxygen atoms in total. The summed E-state index contributed by atoms with van der Waals surface area (Å²) in [7, 11) is -14.3. The first-order valence-corrected chi connectivity index (χ1v) is 15.7. The van der Waals surface area contributed by atoms with Crippen molar-refractivity contribution in [1.29, 1.82) is 0 Å². The number of nitrogens with zero attached hydrogens (tertiary/aromatic N) is 3. The van der Waals surface area contributed by atoms with E-state index in [2.05, 4.69) is 10.2 Å². The third-order valence-corrected chi connectivity index (χ3v) is 9.63. The minimum Gasteiger partial charge on any atom is -0.871 e. The van der Waals surface area contributed by atoms with Crippen LogP contribution < -0.4 is 68.5 Å². The molecule has 0 aromatic heterocycles. The average Bonchev–Trinajstić information content (AvgIpc) is 2.88. The van der Waals surface area contributed by atoms with E-state index in [-0.39, 0.29) is 81.6 Å². The first-order chi connectivity index (χ1) is 18.6. The van der Waals surface area contributed by atoms with Gasteiger partial charge in [0.1, 0.15) is 15.0 Å². The van der Waals surface area contributed by atoms with Gasteiger partial charge in [-0.2, -0.15) is 18.6 Å². The van der Waals surface area contributed by atoms with Gasteiger partial charge >= 0.3 is 59.1 Å². The van der Waals surface area contributed by atoms with Crippen LogP contribution in [-0.2, 0) is 30.3 Å². The maximum absolute atomic E-state index is 13.5. The third-order valence-electron chi connectivity index (χ3n) is 5.89. The van der Waals surface area contributed by atoms with Gasteiger partial charge < -0.3 is 9.66 Å². The van der Waals surface area contributed by atoms with Gasteiger partial charge in [0.05, 0.1) is 26.9 Å². The molecule has 0 saturated heterocycles. The van der Waals surface area contributed by atoms with Crippen LogP contribution in [0.3, 0.4) is 0 Å². The van der Waals surface area contributed by atoms with Crippen LogP contribution in [0.15, 0.2) is 97.7 Å². The summed E-state index contributed by atoms with van der Waals surface area (Å²) in [6.45, 7) is 3.40. The summed E-state index contributed by atoms with van der Waals surface area (Å²) < 4.78 is 96.8. The summed E-state index contributed by atoms with van der Waals surface area (Å²) in [6.07, 6.45) is 0. The van der Waals surface area contributed by atoms with Crippen LogP contribution in [0.5, 0.6) is 5.75 Å². The Morgan fingerprint density at radius 1 is 0.833 bits per heavy atom. The molecular weight excluding hydrogens is 628 g/mol. The van der Waals surface area contributed by atoms with Crippen molar-refractivity contribution in [1.82, 2.24) is 0 Å². The van der Waals surface area contributed by atoms with Crippen LogP contribution in [-0.4, -0.2) is 40.9 Å². The van der Waals surface area contributed by atoms with Crippen molar-refractivity contribution in [2.24, 2.45) is 10.2 Å². The number of rotatable bonds is 8. The quantitative estimate of drug-likeness (QED) is 0.128.